The molecule has 1 heterocycles. The standard InChI is InChI=1S/C18H18N2O2/c1-11-3-4-12(2)16(7-11)20-17(21)9-13-5-6-15-14(8-13)10-18(22)19-15/h3-8H,9-10H2,1-2H3,(H,19,22)(H,20,21). The molecule has 2 N–H and O–H groups in total. The van der Waals surface area contributed by atoms with E-state index in [4.69, 9.17) is 0 Å². The maximum atomic E-state index is 12.2. The molecule has 3 rings (SSSR count). The van der Waals surface area contributed by atoms with Crippen LogP contribution in [0.3, 0.4) is 0 Å². The molecule has 2 aromatic carbocycles. The number of carbonyl (C=O) groups is 2. The predicted octanol–water partition coefficient (Wildman–Crippen LogP) is 2.98. The van der Waals surface area contributed by atoms with Gasteiger partial charge in [0.15, 0.2) is 0 Å². The normalized spacial score (nSPS) is 12.7. The van der Waals surface area contributed by atoms with Gasteiger partial charge in [-0.1, -0.05) is 24.3 Å². The highest BCUT2D eigenvalue weighted by atomic mass is 16.2. The lowest BCUT2D eigenvalue weighted by Crippen LogP contribution is -2.15. The van der Waals surface area contributed by atoms with Crippen LogP contribution >= 0.6 is 0 Å². The molecule has 22 heavy (non-hydrogen) atoms. The zero-order chi connectivity index (χ0) is 15.7. The molecule has 0 aromatic heterocycles. The Morgan fingerprint density at radius 3 is 2.82 bits per heavy atom. The number of carbonyl (C=O) groups excluding carboxylic acids is 2. The van der Waals surface area contributed by atoms with Gasteiger partial charge < -0.3 is 10.6 Å². The molecule has 112 valence electrons. The average Bonchev–Trinajstić information content (AvgIpc) is 2.82. The Balaban J connectivity index is 1.71. The van der Waals surface area contributed by atoms with E-state index in [0.29, 0.717) is 12.8 Å². The lowest BCUT2D eigenvalue weighted by molar-refractivity contribution is -0.116. The molecule has 0 atom stereocenters. The third-order valence-electron chi connectivity index (χ3n) is 3.83. The van der Waals surface area contributed by atoms with Crippen LogP contribution in [0, 0.1) is 13.8 Å². The number of rotatable bonds is 3. The summed E-state index contributed by atoms with van der Waals surface area (Å²) in [5.41, 5.74) is 5.73. The molecular weight excluding hydrogens is 276 g/mol. The molecule has 0 aliphatic carbocycles. The lowest BCUT2D eigenvalue weighted by Gasteiger charge is -2.10. The van der Waals surface area contributed by atoms with Crippen molar-refractivity contribution in [1.29, 1.82) is 0 Å². The summed E-state index contributed by atoms with van der Waals surface area (Å²) in [5.74, 6) is -0.0436. The molecule has 0 unspecified atom stereocenters. The van der Waals surface area contributed by atoms with Crippen molar-refractivity contribution in [2.24, 2.45) is 0 Å². The number of nitrogens with one attached hydrogen (secondary N) is 2. The van der Waals surface area contributed by atoms with Gasteiger partial charge in [-0.3, -0.25) is 9.59 Å². The summed E-state index contributed by atoms with van der Waals surface area (Å²) >= 11 is 0. The smallest absolute Gasteiger partial charge is 0.228 e. The second kappa shape index (κ2) is 5.64. The summed E-state index contributed by atoms with van der Waals surface area (Å²) in [6, 6.07) is 11.7. The number of aryl methyl sites for hydroxylation is 2. The van der Waals surface area contributed by atoms with Gasteiger partial charge in [0.2, 0.25) is 11.8 Å². The van der Waals surface area contributed by atoms with Crippen LogP contribution in [0.4, 0.5) is 11.4 Å². The lowest BCUT2D eigenvalue weighted by atomic mass is 10.1. The number of fused-ring (bicyclic) bond motifs is 1. The number of hydrogen-bond acceptors (Lipinski definition) is 2. The van der Waals surface area contributed by atoms with Crippen LogP contribution < -0.4 is 10.6 Å². The SMILES string of the molecule is Cc1ccc(C)c(NC(=O)Cc2ccc3c(c2)CC(=O)N3)c1. The van der Waals surface area contributed by atoms with Gasteiger partial charge in [0.1, 0.15) is 0 Å². The molecular formula is C18H18N2O2. The number of anilines is 2. The number of hydrogen-bond donors (Lipinski definition) is 2. The predicted molar refractivity (Wildman–Crippen MR) is 87.0 cm³/mol. The fraction of sp³-hybridized carbons (Fsp3) is 0.222. The van der Waals surface area contributed by atoms with Crippen molar-refractivity contribution in [2.45, 2.75) is 26.7 Å². The third-order valence-corrected chi connectivity index (χ3v) is 3.83. The summed E-state index contributed by atoms with van der Waals surface area (Å²) in [4.78, 5) is 23.6. The fourth-order valence-electron chi connectivity index (χ4n) is 2.64. The molecule has 2 aromatic rings. The molecule has 4 heteroatoms. The molecule has 1 aliphatic rings. The largest absolute Gasteiger partial charge is 0.326 e. The highest BCUT2D eigenvalue weighted by Gasteiger charge is 2.18. The monoisotopic (exact) mass is 294 g/mol. The summed E-state index contributed by atoms with van der Waals surface area (Å²) in [6.07, 6.45) is 0.691. The van der Waals surface area contributed by atoms with E-state index in [1.807, 2.05) is 50.2 Å². The van der Waals surface area contributed by atoms with Crippen molar-refractivity contribution in [2.75, 3.05) is 10.6 Å². The highest BCUT2D eigenvalue weighted by Crippen LogP contribution is 2.24. The Kier molecular flexibility index (Phi) is 3.67. The second-order valence-corrected chi connectivity index (χ2v) is 5.76. The molecule has 1 aliphatic heterocycles. The number of benzene rings is 2. The molecule has 0 radical (unpaired) electrons. The van der Waals surface area contributed by atoms with E-state index in [0.717, 1.165) is 33.6 Å². The highest BCUT2D eigenvalue weighted by molar-refractivity contribution is 5.99. The fourth-order valence-corrected chi connectivity index (χ4v) is 2.64. The van der Waals surface area contributed by atoms with Crippen molar-refractivity contribution >= 4 is 23.2 Å². The van der Waals surface area contributed by atoms with Crippen molar-refractivity contribution in [3.05, 3.63) is 58.7 Å². The van der Waals surface area contributed by atoms with Gasteiger partial charge in [-0.2, -0.15) is 0 Å². The maximum Gasteiger partial charge on any atom is 0.228 e. The van der Waals surface area contributed by atoms with Gasteiger partial charge in [-0.25, -0.2) is 0 Å². The van der Waals surface area contributed by atoms with E-state index in [9.17, 15) is 9.59 Å². The Bertz CT molecular complexity index is 766. The molecule has 0 saturated heterocycles. The zero-order valence-corrected chi connectivity index (χ0v) is 12.7. The first-order chi connectivity index (χ1) is 10.5. The van der Waals surface area contributed by atoms with Crippen LogP contribution in [0.1, 0.15) is 22.3 Å². The van der Waals surface area contributed by atoms with Crippen molar-refractivity contribution < 1.29 is 9.59 Å². The Morgan fingerprint density at radius 2 is 2.00 bits per heavy atom. The minimum absolute atomic E-state index is 0.00647. The molecule has 0 fully saturated rings. The van der Waals surface area contributed by atoms with Gasteiger partial charge in [0, 0.05) is 11.4 Å². The van der Waals surface area contributed by atoms with E-state index in [1.165, 1.54) is 0 Å². The van der Waals surface area contributed by atoms with E-state index in [-0.39, 0.29) is 11.8 Å². The second-order valence-electron chi connectivity index (χ2n) is 5.76. The first-order valence-electron chi connectivity index (χ1n) is 7.30. The quantitative estimate of drug-likeness (QED) is 0.914. The van der Waals surface area contributed by atoms with Crippen LogP contribution in [0.15, 0.2) is 36.4 Å². The first-order valence-corrected chi connectivity index (χ1v) is 7.30. The average molecular weight is 294 g/mol. The van der Waals surface area contributed by atoms with E-state index >= 15 is 0 Å². The van der Waals surface area contributed by atoms with E-state index in [1.54, 1.807) is 0 Å². The van der Waals surface area contributed by atoms with E-state index in [2.05, 4.69) is 10.6 Å². The van der Waals surface area contributed by atoms with Crippen LogP contribution in [0.2, 0.25) is 0 Å². The first kappa shape index (κ1) is 14.3. The van der Waals surface area contributed by atoms with Gasteiger partial charge in [-0.15, -0.1) is 0 Å². The minimum Gasteiger partial charge on any atom is -0.326 e. The van der Waals surface area contributed by atoms with E-state index < -0.39 is 0 Å². The Morgan fingerprint density at radius 1 is 1.18 bits per heavy atom. The molecule has 0 bridgehead atoms. The van der Waals surface area contributed by atoms with Crippen molar-refractivity contribution in [3.63, 3.8) is 0 Å². The third kappa shape index (κ3) is 3.01. The Labute approximate surface area is 129 Å². The van der Waals surface area contributed by atoms with Gasteiger partial charge in [0.05, 0.1) is 12.8 Å². The minimum atomic E-state index is -0.0501. The molecule has 0 saturated carbocycles. The summed E-state index contributed by atoms with van der Waals surface area (Å²) in [6.45, 7) is 3.97. The van der Waals surface area contributed by atoms with Crippen LogP contribution in [-0.2, 0) is 22.4 Å². The Hall–Kier alpha value is -2.62. The van der Waals surface area contributed by atoms with Crippen molar-refractivity contribution in [1.82, 2.24) is 0 Å². The zero-order valence-electron chi connectivity index (χ0n) is 12.7. The van der Waals surface area contributed by atoms with Crippen LogP contribution in [-0.4, -0.2) is 11.8 Å². The summed E-state index contributed by atoms with van der Waals surface area (Å²) in [7, 11) is 0. The topological polar surface area (TPSA) is 58.2 Å². The molecule has 4 nitrogen and oxygen atoms in total. The number of amides is 2. The van der Waals surface area contributed by atoms with Gasteiger partial charge >= 0.3 is 0 Å². The molecule has 0 spiro atoms. The van der Waals surface area contributed by atoms with Crippen LogP contribution in [0.25, 0.3) is 0 Å². The summed E-state index contributed by atoms with van der Waals surface area (Å²) < 4.78 is 0. The van der Waals surface area contributed by atoms with Crippen molar-refractivity contribution in [3.8, 4) is 0 Å². The van der Waals surface area contributed by atoms with Gasteiger partial charge in [-0.05, 0) is 48.2 Å². The van der Waals surface area contributed by atoms with Gasteiger partial charge in [0.25, 0.3) is 0 Å². The van der Waals surface area contributed by atoms with Crippen LogP contribution in [0.5, 0.6) is 0 Å². The summed E-state index contributed by atoms with van der Waals surface area (Å²) in [5, 5.41) is 5.75. The molecule has 2 amide bonds. The maximum absolute atomic E-state index is 12.2.